The van der Waals surface area contributed by atoms with Crippen LogP contribution in [0, 0.1) is 0 Å². The number of alkyl halides is 1. The van der Waals surface area contributed by atoms with E-state index in [0.29, 0.717) is 13.0 Å². The second kappa shape index (κ2) is 4.67. The average Bonchev–Trinajstić information content (AvgIpc) is 2.00. The second-order valence-corrected chi connectivity index (χ2v) is 3.48. The Hall–Kier alpha value is -0.150. The summed E-state index contributed by atoms with van der Waals surface area (Å²) in [6.45, 7) is 5.26. The molecule has 2 nitrogen and oxygen atoms in total. The van der Waals surface area contributed by atoms with Gasteiger partial charge in [-0.15, -0.1) is 0 Å². The van der Waals surface area contributed by atoms with E-state index in [0.717, 1.165) is 6.54 Å². The van der Waals surface area contributed by atoms with Gasteiger partial charge in [0.15, 0.2) is 0 Å². The summed E-state index contributed by atoms with van der Waals surface area (Å²) in [7, 11) is 1.97. The van der Waals surface area contributed by atoms with Crippen molar-refractivity contribution in [3.8, 4) is 0 Å². The predicted octanol–water partition coefficient (Wildman–Crippen LogP) is 1.02. The van der Waals surface area contributed by atoms with Crippen LogP contribution in [0.3, 0.4) is 0 Å². The van der Waals surface area contributed by atoms with Gasteiger partial charge in [-0.1, -0.05) is 0 Å². The summed E-state index contributed by atoms with van der Waals surface area (Å²) in [5.41, 5.74) is 5.54. The zero-order valence-corrected chi connectivity index (χ0v) is 7.73. The highest BCUT2D eigenvalue weighted by atomic mass is 19.1. The van der Waals surface area contributed by atoms with E-state index in [1.165, 1.54) is 0 Å². The summed E-state index contributed by atoms with van der Waals surface area (Å²) in [6.07, 6.45) is 0.597. The van der Waals surface area contributed by atoms with Crippen molar-refractivity contribution >= 4 is 0 Å². The van der Waals surface area contributed by atoms with Crippen LogP contribution >= 0.6 is 0 Å². The van der Waals surface area contributed by atoms with E-state index in [4.69, 9.17) is 5.73 Å². The van der Waals surface area contributed by atoms with Gasteiger partial charge in [0.2, 0.25) is 0 Å². The summed E-state index contributed by atoms with van der Waals surface area (Å²) in [6, 6.07) is 0. The minimum atomic E-state index is -0.245. The number of rotatable bonds is 5. The molecule has 0 radical (unpaired) electrons. The average molecular weight is 162 g/mol. The summed E-state index contributed by atoms with van der Waals surface area (Å²) >= 11 is 0. The van der Waals surface area contributed by atoms with Gasteiger partial charge in [-0.05, 0) is 27.3 Å². The number of likely N-dealkylation sites (N-methyl/N-ethyl adjacent to an activating group) is 1. The quantitative estimate of drug-likeness (QED) is 0.654. The summed E-state index contributed by atoms with van der Waals surface area (Å²) in [5, 5.41) is 0. The molecule has 0 saturated carbocycles. The Morgan fingerprint density at radius 1 is 1.45 bits per heavy atom. The first-order valence-corrected chi connectivity index (χ1v) is 4.02. The fraction of sp³-hybridized carbons (Fsp3) is 1.00. The van der Waals surface area contributed by atoms with Crippen molar-refractivity contribution in [2.75, 3.05) is 26.8 Å². The standard InChI is InChI=1S/C8H19FN2/c1-8(2,7-10)11(3)6-4-5-9/h4-7,10H2,1-3H3. The van der Waals surface area contributed by atoms with Crippen LogP contribution < -0.4 is 5.73 Å². The minimum Gasteiger partial charge on any atom is -0.329 e. The number of nitrogens with zero attached hydrogens (tertiary/aromatic N) is 1. The Balaban J connectivity index is 3.71. The lowest BCUT2D eigenvalue weighted by Gasteiger charge is -2.34. The monoisotopic (exact) mass is 162 g/mol. The van der Waals surface area contributed by atoms with Crippen LogP contribution in [0.5, 0.6) is 0 Å². The van der Waals surface area contributed by atoms with E-state index in [1.807, 2.05) is 7.05 Å². The molecule has 0 aromatic rings. The molecule has 0 aliphatic carbocycles. The fourth-order valence-corrected chi connectivity index (χ4v) is 0.755. The highest BCUT2D eigenvalue weighted by molar-refractivity contribution is 4.79. The number of hydrogen-bond acceptors (Lipinski definition) is 2. The smallest absolute Gasteiger partial charge is 0.0906 e. The van der Waals surface area contributed by atoms with Gasteiger partial charge in [-0.2, -0.15) is 0 Å². The zero-order chi connectivity index (χ0) is 8.91. The summed E-state index contributed by atoms with van der Waals surface area (Å²) in [4.78, 5) is 2.09. The molecule has 11 heavy (non-hydrogen) atoms. The Labute approximate surface area is 68.6 Å². The SMILES string of the molecule is CN(CCCF)C(C)(C)CN. The van der Waals surface area contributed by atoms with Crippen molar-refractivity contribution in [1.82, 2.24) is 4.90 Å². The first kappa shape index (κ1) is 10.8. The van der Waals surface area contributed by atoms with E-state index in [-0.39, 0.29) is 12.2 Å². The van der Waals surface area contributed by atoms with Gasteiger partial charge in [0, 0.05) is 18.6 Å². The summed E-state index contributed by atoms with van der Waals surface area (Å²) in [5.74, 6) is 0. The van der Waals surface area contributed by atoms with Crippen LogP contribution in [0.15, 0.2) is 0 Å². The normalized spacial score (nSPS) is 12.5. The lowest BCUT2D eigenvalue weighted by molar-refractivity contribution is 0.158. The third-order valence-electron chi connectivity index (χ3n) is 2.16. The first-order chi connectivity index (χ1) is 5.04. The van der Waals surface area contributed by atoms with Crippen molar-refractivity contribution < 1.29 is 4.39 Å². The van der Waals surface area contributed by atoms with Crippen LogP contribution in [0.4, 0.5) is 4.39 Å². The van der Waals surface area contributed by atoms with Gasteiger partial charge < -0.3 is 5.73 Å². The van der Waals surface area contributed by atoms with E-state index in [1.54, 1.807) is 0 Å². The molecule has 0 amide bonds. The predicted molar refractivity (Wildman–Crippen MR) is 46.4 cm³/mol. The third-order valence-corrected chi connectivity index (χ3v) is 2.16. The Morgan fingerprint density at radius 2 is 2.00 bits per heavy atom. The van der Waals surface area contributed by atoms with Gasteiger partial charge in [-0.3, -0.25) is 9.29 Å². The zero-order valence-electron chi connectivity index (χ0n) is 7.73. The maximum Gasteiger partial charge on any atom is 0.0906 e. The molecule has 0 atom stereocenters. The largest absolute Gasteiger partial charge is 0.329 e. The molecule has 2 N–H and O–H groups in total. The molecule has 0 spiro atoms. The van der Waals surface area contributed by atoms with E-state index in [2.05, 4.69) is 18.7 Å². The lowest BCUT2D eigenvalue weighted by Crippen LogP contribution is -2.47. The van der Waals surface area contributed by atoms with Crippen LogP contribution in [0.25, 0.3) is 0 Å². The molecule has 0 saturated heterocycles. The van der Waals surface area contributed by atoms with Gasteiger partial charge >= 0.3 is 0 Å². The molecule has 0 aromatic heterocycles. The lowest BCUT2D eigenvalue weighted by atomic mass is 10.0. The molecular weight excluding hydrogens is 143 g/mol. The summed E-state index contributed by atoms with van der Waals surface area (Å²) < 4.78 is 11.8. The van der Waals surface area contributed by atoms with Crippen LogP contribution in [-0.2, 0) is 0 Å². The molecule has 0 aromatic carbocycles. The molecular formula is C8H19FN2. The van der Waals surface area contributed by atoms with Gasteiger partial charge in [0.25, 0.3) is 0 Å². The molecule has 0 fully saturated rings. The molecule has 3 heteroatoms. The third kappa shape index (κ3) is 3.68. The van der Waals surface area contributed by atoms with E-state index < -0.39 is 0 Å². The Bertz CT molecular complexity index is 104. The highest BCUT2D eigenvalue weighted by Crippen LogP contribution is 2.09. The molecule has 0 aliphatic heterocycles. The Morgan fingerprint density at radius 3 is 2.36 bits per heavy atom. The van der Waals surface area contributed by atoms with Crippen molar-refractivity contribution in [3.05, 3.63) is 0 Å². The molecule has 0 heterocycles. The second-order valence-electron chi connectivity index (χ2n) is 3.48. The van der Waals surface area contributed by atoms with E-state index >= 15 is 0 Å². The molecule has 0 aliphatic rings. The van der Waals surface area contributed by atoms with Crippen molar-refractivity contribution in [2.45, 2.75) is 25.8 Å². The topological polar surface area (TPSA) is 29.3 Å². The molecule has 0 unspecified atom stereocenters. The first-order valence-electron chi connectivity index (χ1n) is 4.02. The number of halogens is 1. The van der Waals surface area contributed by atoms with Gasteiger partial charge in [-0.25, -0.2) is 0 Å². The van der Waals surface area contributed by atoms with Gasteiger partial charge in [0.1, 0.15) is 0 Å². The van der Waals surface area contributed by atoms with Crippen molar-refractivity contribution in [2.24, 2.45) is 5.73 Å². The Kier molecular flexibility index (Phi) is 4.61. The van der Waals surface area contributed by atoms with Gasteiger partial charge in [0.05, 0.1) is 6.67 Å². The number of nitrogens with two attached hydrogens (primary N) is 1. The van der Waals surface area contributed by atoms with Crippen molar-refractivity contribution in [1.29, 1.82) is 0 Å². The maximum atomic E-state index is 11.8. The molecule has 68 valence electrons. The van der Waals surface area contributed by atoms with Crippen LogP contribution in [-0.4, -0.2) is 37.3 Å². The minimum absolute atomic E-state index is 0.00479. The van der Waals surface area contributed by atoms with Crippen molar-refractivity contribution in [3.63, 3.8) is 0 Å². The van der Waals surface area contributed by atoms with E-state index in [9.17, 15) is 4.39 Å². The highest BCUT2D eigenvalue weighted by Gasteiger charge is 2.20. The number of hydrogen-bond donors (Lipinski definition) is 1. The molecule has 0 rings (SSSR count). The maximum absolute atomic E-state index is 11.8. The van der Waals surface area contributed by atoms with Crippen LogP contribution in [0.2, 0.25) is 0 Å². The van der Waals surface area contributed by atoms with Crippen LogP contribution in [0.1, 0.15) is 20.3 Å². The molecule has 0 bridgehead atoms. The fourth-order valence-electron chi connectivity index (χ4n) is 0.755.